The van der Waals surface area contributed by atoms with Crippen LogP contribution in [0.1, 0.15) is 12.8 Å². The zero-order chi connectivity index (χ0) is 29.5. The Bertz CT molecular complexity index is 1470. The fourth-order valence-electron chi connectivity index (χ4n) is 5.91. The van der Waals surface area contributed by atoms with Gasteiger partial charge in [-0.25, -0.2) is 0 Å². The SMILES string of the molecule is C[N+](C)(C)CCCN1c2ccccc2Sc2ccc(-c3ccc4c(c3)N(CCC[N+](C)(C)C)c3ccccc3S4)cc21. The number of benzene rings is 4. The van der Waals surface area contributed by atoms with E-state index in [0.717, 1.165) is 48.0 Å². The minimum Gasteiger partial charge on any atom is -0.339 e. The molecule has 2 aliphatic heterocycles. The number of rotatable bonds is 9. The van der Waals surface area contributed by atoms with Crippen LogP contribution < -0.4 is 9.80 Å². The van der Waals surface area contributed by atoms with Gasteiger partial charge in [0.25, 0.3) is 0 Å². The molecular weight excluding hydrogens is 553 g/mol. The maximum Gasteiger partial charge on any atom is 0.0797 e. The topological polar surface area (TPSA) is 6.48 Å². The molecule has 0 aromatic heterocycles. The van der Waals surface area contributed by atoms with Gasteiger partial charge in [0.1, 0.15) is 0 Å². The van der Waals surface area contributed by atoms with E-state index in [4.69, 9.17) is 0 Å². The Morgan fingerprint density at radius 1 is 0.476 bits per heavy atom. The largest absolute Gasteiger partial charge is 0.339 e. The average Bonchev–Trinajstić information content (AvgIpc) is 2.95. The van der Waals surface area contributed by atoms with Gasteiger partial charge in [0, 0.05) is 45.5 Å². The summed E-state index contributed by atoms with van der Waals surface area (Å²) < 4.78 is 1.97. The summed E-state index contributed by atoms with van der Waals surface area (Å²) in [6.07, 6.45) is 2.29. The Labute approximate surface area is 261 Å². The molecule has 0 atom stereocenters. The number of quaternary nitrogens is 2. The second-order valence-electron chi connectivity index (χ2n) is 13.5. The zero-order valence-electron chi connectivity index (χ0n) is 25.9. The predicted molar refractivity (Wildman–Crippen MR) is 182 cm³/mol. The quantitative estimate of drug-likeness (QED) is 0.178. The molecule has 0 saturated heterocycles. The van der Waals surface area contributed by atoms with E-state index in [1.54, 1.807) is 0 Å². The standard InChI is InChI=1S/C36H44N4S2/c1-39(2,3)23-11-21-37-29-13-7-9-15-33(29)41-35-19-17-27(25-31(35)37)28-18-20-36-32(26-28)38(22-12-24-40(4,5)6)30-14-8-10-16-34(30)42-36/h7-10,13-20,25-26H,11-12,21-24H2,1-6H3/q+2. The Kier molecular flexibility index (Phi) is 8.09. The molecule has 0 bridgehead atoms. The number of hydrogen-bond acceptors (Lipinski definition) is 4. The molecule has 0 aliphatic carbocycles. The van der Waals surface area contributed by atoms with Crippen LogP contribution in [0.2, 0.25) is 0 Å². The second-order valence-corrected chi connectivity index (χ2v) is 15.7. The molecule has 2 aliphatic rings. The van der Waals surface area contributed by atoms with Gasteiger partial charge in [-0.3, -0.25) is 0 Å². The minimum absolute atomic E-state index is 0.985. The summed E-state index contributed by atoms with van der Waals surface area (Å²) in [7, 11) is 13.7. The molecule has 6 rings (SSSR count). The van der Waals surface area contributed by atoms with Crippen molar-refractivity contribution in [1.82, 2.24) is 0 Å². The zero-order valence-corrected chi connectivity index (χ0v) is 27.6. The molecule has 4 nitrogen and oxygen atoms in total. The minimum atomic E-state index is 0.985. The number of fused-ring (bicyclic) bond motifs is 4. The first-order valence-electron chi connectivity index (χ1n) is 15.0. The van der Waals surface area contributed by atoms with Crippen molar-refractivity contribution in [2.45, 2.75) is 32.4 Å². The maximum atomic E-state index is 2.56. The molecule has 42 heavy (non-hydrogen) atoms. The van der Waals surface area contributed by atoms with Crippen LogP contribution in [0.15, 0.2) is 105 Å². The molecule has 0 unspecified atom stereocenters. The van der Waals surface area contributed by atoms with Gasteiger partial charge >= 0.3 is 0 Å². The first-order valence-corrected chi connectivity index (χ1v) is 16.7. The van der Waals surface area contributed by atoms with Gasteiger partial charge in [-0.1, -0.05) is 59.9 Å². The van der Waals surface area contributed by atoms with Crippen LogP contribution in [0.25, 0.3) is 11.1 Å². The van der Waals surface area contributed by atoms with Crippen LogP contribution in [0.4, 0.5) is 22.7 Å². The van der Waals surface area contributed by atoms with Gasteiger partial charge < -0.3 is 18.8 Å². The highest BCUT2D eigenvalue weighted by atomic mass is 32.2. The molecule has 0 saturated carbocycles. The lowest BCUT2D eigenvalue weighted by molar-refractivity contribution is -0.870. The normalized spacial score (nSPS) is 14.2. The Morgan fingerprint density at radius 2 is 0.857 bits per heavy atom. The molecule has 218 valence electrons. The lowest BCUT2D eigenvalue weighted by Gasteiger charge is -2.35. The van der Waals surface area contributed by atoms with E-state index in [0.29, 0.717) is 0 Å². The van der Waals surface area contributed by atoms with Crippen molar-refractivity contribution < 1.29 is 8.97 Å². The van der Waals surface area contributed by atoms with E-state index in [1.165, 1.54) is 53.5 Å². The molecule has 0 fully saturated rings. The lowest BCUT2D eigenvalue weighted by Crippen LogP contribution is -2.37. The van der Waals surface area contributed by atoms with Crippen LogP contribution in [-0.2, 0) is 0 Å². The van der Waals surface area contributed by atoms with Gasteiger partial charge in [0.15, 0.2) is 0 Å². The molecule has 4 aromatic rings. The fourth-order valence-corrected chi connectivity index (χ4v) is 8.06. The van der Waals surface area contributed by atoms with Crippen molar-refractivity contribution in [3.8, 4) is 11.1 Å². The van der Waals surface area contributed by atoms with E-state index >= 15 is 0 Å². The third kappa shape index (κ3) is 6.37. The Balaban J connectivity index is 1.35. The van der Waals surface area contributed by atoms with Crippen molar-refractivity contribution in [1.29, 1.82) is 0 Å². The molecule has 6 heteroatoms. The number of anilines is 4. The van der Waals surface area contributed by atoms with Gasteiger partial charge in [-0.15, -0.1) is 0 Å². The first-order chi connectivity index (χ1) is 20.1. The summed E-state index contributed by atoms with van der Waals surface area (Å²) in [6.45, 7) is 4.33. The van der Waals surface area contributed by atoms with Crippen molar-refractivity contribution in [3.63, 3.8) is 0 Å². The van der Waals surface area contributed by atoms with Gasteiger partial charge in [-0.05, 0) is 59.7 Å². The van der Waals surface area contributed by atoms with Gasteiger partial charge in [-0.2, -0.15) is 0 Å². The molecular formula is C36H44N4S2+2. The van der Waals surface area contributed by atoms with Gasteiger partial charge in [0.05, 0.1) is 78.1 Å². The smallest absolute Gasteiger partial charge is 0.0797 e. The van der Waals surface area contributed by atoms with E-state index in [1.807, 2.05) is 23.5 Å². The van der Waals surface area contributed by atoms with Crippen molar-refractivity contribution in [2.75, 3.05) is 78.3 Å². The van der Waals surface area contributed by atoms with Crippen molar-refractivity contribution >= 4 is 46.3 Å². The average molecular weight is 597 g/mol. The molecule has 4 aromatic carbocycles. The van der Waals surface area contributed by atoms with Crippen LogP contribution in [0.5, 0.6) is 0 Å². The third-order valence-electron chi connectivity index (χ3n) is 8.01. The van der Waals surface area contributed by atoms with E-state index in [-0.39, 0.29) is 0 Å². The number of para-hydroxylation sites is 2. The highest BCUT2D eigenvalue weighted by Gasteiger charge is 2.26. The molecule has 2 heterocycles. The van der Waals surface area contributed by atoms with Crippen LogP contribution >= 0.6 is 23.5 Å². The number of nitrogens with zero attached hydrogens (tertiary/aromatic N) is 4. The summed E-state index contributed by atoms with van der Waals surface area (Å²) in [6, 6.07) is 31.9. The molecule has 0 spiro atoms. The highest BCUT2D eigenvalue weighted by Crippen LogP contribution is 2.51. The highest BCUT2D eigenvalue weighted by molar-refractivity contribution is 8.00. The number of hydrogen-bond donors (Lipinski definition) is 0. The van der Waals surface area contributed by atoms with Crippen LogP contribution in [0, 0.1) is 0 Å². The lowest BCUT2D eigenvalue weighted by atomic mass is 10.0. The Morgan fingerprint density at radius 3 is 1.26 bits per heavy atom. The molecule has 0 amide bonds. The summed E-state index contributed by atoms with van der Waals surface area (Å²) in [5.74, 6) is 0. The van der Waals surface area contributed by atoms with E-state index in [2.05, 4.69) is 137 Å². The maximum absolute atomic E-state index is 2.56. The fraction of sp³-hybridized carbons (Fsp3) is 0.333. The van der Waals surface area contributed by atoms with Crippen LogP contribution in [-0.4, -0.2) is 77.4 Å². The summed E-state index contributed by atoms with van der Waals surface area (Å²) in [5, 5.41) is 0. The molecule has 0 N–H and O–H groups in total. The monoisotopic (exact) mass is 596 g/mol. The van der Waals surface area contributed by atoms with E-state index < -0.39 is 0 Å². The summed E-state index contributed by atoms with van der Waals surface area (Å²) in [5.41, 5.74) is 7.88. The molecule has 0 radical (unpaired) electrons. The predicted octanol–water partition coefficient (Wildman–Crippen LogP) is 8.75. The first kappa shape index (κ1) is 29.2. The Hall–Kier alpha value is -2.90. The summed E-state index contributed by atoms with van der Waals surface area (Å²) >= 11 is 3.79. The van der Waals surface area contributed by atoms with Crippen molar-refractivity contribution in [2.24, 2.45) is 0 Å². The second kappa shape index (κ2) is 11.6. The summed E-state index contributed by atoms with van der Waals surface area (Å²) in [4.78, 5) is 10.5. The van der Waals surface area contributed by atoms with Crippen LogP contribution in [0.3, 0.4) is 0 Å². The van der Waals surface area contributed by atoms with E-state index in [9.17, 15) is 0 Å². The van der Waals surface area contributed by atoms with Gasteiger partial charge in [0.2, 0.25) is 0 Å². The van der Waals surface area contributed by atoms with Crippen molar-refractivity contribution in [3.05, 3.63) is 84.9 Å². The third-order valence-corrected chi connectivity index (χ3v) is 10.3.